The quantitative estimate of drug-likeness (QED) is 0.0804. The maximum Gasteiger partial charge on any atom is 0.410 e. The molecule has 0 radical (unpaired) electrons. The molecule has 2 aromatic rings. The zero-order valence-electron chi connectivity index (χ0n) is 32.2. The highest BCUT2D eigenvalue weighted by atomic mass is 16.7. The van der Waals surface area contributed by atoms with E-state index in [1.54, 1.807) is 24.0 Å². The van der Waals surface area contributed by atoms with Gasteiger partial charge in [-0.1, -0.05) is 48.9 Å². The van der Waals surface area contributed by atoms with Crippen molar-refractivity contribution in [2.45, 2.75) is 83.1 Å². The fourth-order valence-electron chi connectivity index (χ4n) is 8.78. The first kappa shape index (κ1) is 40.2. The number of ether oxygens (including phenoxy) is 6. The van der Waals surface area contributed by atoms with Crippen LogP contribution in [0.5, 0.6) is 23.0 Å². The molecular weight excluding hydrogens is 704 g/mol. The summed E-state index contributed by atoms with van der Waals surface area (Å²) in [6.07, 6.45) is 10.2. The van der Waals surface area contributed by atoms with E-state index < -0.39 is 23.8 Å². The van der Waals surface area contributed by atoms with E-state index in [0.29, 0.717) is 54.8 Å². The number of carbonyl (C=O) groups is 1. The number of oxime groups is 1. The number of allylic oxidation sites excluding steroid dienone is 1. The lowest BCUT2D eigenvalue weighted by Crippen LogP contribution is -2.70. The molecular formula is C43H56N2O10. The molecule has 6 rings (SSSR count). The van der Waals surface area contributed by atoms with Gasteiger partial charge in [-0.25, -0.2) is 4.79 Å². The fourth-order valence-corrected chi connectivity index (χ4v) is 8.78. The number of rotatable bonds is 20. The van der Waals surface area contributed by atoms with Gasteiger partial charge < -0.3 is 43.5 Å². The maximum atomic E-state index is 14.3. The predicted octanol–water partition coefficient (Wildman–Crippen LogP) is 7.29. The Morgan fingerprint density at radius 1 is 0.964 bits per heavy atom. The minimum absolute atomic E-state index is 0.0833. The Labute approximate surface area is 324 Å². The first-order valence-electron chi connectivity index (χ1n) is 19.7. The van der Waals surface area contributed by atoms with Crippen LogP contribution in [0.4, 0.5) is 4.79 Å². The molecule has 2 heterocycles. The molecule has 0 saturated heterocycles. The molecule has 1 saturated carbocycles. The largest absolute Gasteiger partial charge is 0.490 e. The number of hydrogen-bond donors (Lipinski definition) is 2. The second-order valence-corrected chi connectivity index (χ2v) is 14.3. The molecule has 6 unspecified atom stereocenters. The van der Waals surface area contributed by atoms with Gasteiger partial charge in [0.1, 0.15) is 30.8 Å². The molecule has 12 nitrogen and oxygen atoms in total. The van der Waals surface area contributed by atoms with Crippen LogP contribution >= 0.6 is 0 Å². The van der Waals surface area contributed by atoms with Crippen LogP contribution in [0.1, 0.15) is 75.8 Å². The molecule has 55 heavy (non-hydrogen) atoms. The van der Waals surface area contributed by atoms with Gasteiger partial charge in [-0.15, -0.1) is 6.58 Å². The molecule has 4 aliphatic rings. The summed E-state index contributed by atoms with van der Waals surface area (Å²) in [6, 6.07) is 10.8. The van der Waals surface area contributed by atoms with Gasteiger partial charge in [-0.05, 0) is 92.8 Å². The molecule has 2 aliphatic heterocycles. The fraction of sp³-hybridized carbons (Fsp3) is 0.535. The Hall–Kier alpha value is -4.52. The molecule has 2 aromatic carbocycles. The Bertz CT molecular complexity index is 1710. The van der Waals surface area contributed by atoms with E-state index in [2.05, 4.69) is 25.3 Å². The average Bonchev–Trinajstić information content (AvgIpc) is 3.67. The van der Waals surface area contributed by atoms with Crippen molar-refractivity contribution in [1.29, 1.82) is 0 Å². The zero-order chi connectivity index (χ0) is 38.8. The first-order chi connectivity index (χ1) is 26.9. The van der Waals surface area contributed by atoms with Crippen molar-refractivity contribution in [3.05, 3.63) is 84.5 Å². The summed E-state index contributed by atoms with van der Waals surface area (Å²) in [5, 5.41) is 24.4. The lowest BCUT2D eigenvalue weighted by Gasteiger charge is -2.59. The van der Waals surface area contributed by atoms with Crippen molar-refractivity contribution in [3.63, 3.8) is 0 Å². The number of aliphatic hydroxyl groups is 2. The first-order valence-corrected chi connectivity index (χ1v) is 19.7. The second kappa shape index (κ2) is 18.9. The Morgan fingerprint density at radius 2 is 1.73 bits per heavy atom. The third-order valence-electron chi connectivity index (χ3n) is 11.0. The summed E-state index contributed by atoms with van der Waals surface area (Å²) in [6.45, 7) is 13.1. The third-order valence-corrected chi connectivity index (χ3v) is 11.0. The number of hydrogen-bond acceptors (Lipinski definition) is 11. The second-order valence-electron chi connectivity index (χ2n) is 14.3. The number of carbonyl (C=O) groups excluding carboxylic acids is 1. The Balaban J connectivity index is 1.58. The molecule has 0 bridgehead atoms. The predicted molar refractivity (Wildman–Crippen MR) is 207 cm³/mol. The number of amides is 1. The highest BCUT2D eigenvalue weighted by Crippen LogP contribution is 2.62. The van der Waals surface area contributed by atoms with E-state index in [-0.39, 0.29) is 63.9 Å². The molecule has 2 aliphatic carbocycles. The van der Waals surface area contributed by atoms with E-state index in [4.69, 9.17) is 38.4 Å². The van der Waals surface area contributed by atoms with Crippen molar-refractivity contribution in [1.82, 2.24) is 4.90 Å². The number of benzene rings is 2. The summed E-state index contributed by atoms with van der Waals surface area (Å²) >= 11 is 0. The van der Waals surface area contributed by atoms with E-state index >= 15 is 0 Å². The van der Waals surface area contributed by atoms with Crippen molar-refractivity contribution in [3.8, 4) is 23.0 Å². The molecule has 1 amide bonds. The topological polar surface area (TPSA) is 138 Å². The van der Waals surface area contributed by atoms with Gasteiger partial charge in [-0.2, -0.15) is 0 Å². The molecule has 0 aromatic heterocycles. The average molecular weight is 761 g/mol. The van der Waals surface area contributed by atoms with Crippen LogP contribution in [-0.2, 0) is 20.9 Å². The van der Waals surface area contributed by atoms with Crippen LogP contribution in [-0.4, -0.2) is 85.2 Å². The lowest BCUT2D eigenvalue weighted by atomic mass is 9.55. The Morgan fingerprint density at radius 3 is 2.47 bits per heavy atom. The van der Waals surface area contributed by atoms with Crippen molar-refractivity contribution >= 4 is 11.8 Å². The van der Waals surface area contributed by atoms with Crippen LogP contribution in [0, 0.1) is 17.8 Å². The van der Waals surface area contributed by atoms with Gasteiger partial charge in [0, 0.05) is 37.7 Å². The smallest absolute Gasteiger partial charge is 0.410 e. The summed E-state index contributed by atoms with van der Waals surface area (Å²) in [5.41, 5.74) is 3.46. The standard InChI is InChI=1S/C43H56N2O10/c1-5-21-50-31-16-18-36-34(25-31)40-32(14-10-12-20-47)30(13-9-11-19-46)24-33-35(44-54-8-4)26-39(43(55-36,41(33)40)53-22-6-2)45(42(48)49-7-3)27-29-15-17-37-38(23-29)52-28-51-37/h5-6,15-18,23-25,30,32,39-41,46-47H,1-2,7-14,19-22,26-28H2,3-4H3. The van der Waals surface area contributed by atoms with Crippen LogP contribution in [0.25, 0.3) is 0 Å². The van der Waals surface area contributed by atoms with Gasteiger partial charge in [0.2, 0.25) is 12.6 Å². The summed E-state index contributed by atoms with van der Waals surface area (Å²) in [5.74, 6) is 0.731. The van der Waals surface area contributed by atoms with Gasteiger partial charge >= 0.3 is 6.09 Å². The van der Waals surface area contributed by atoms with Crippen molar-refractivity contribution in [2.24, 2.45) is 22.9 Å². The van der Waals surface area contributed by atoms with E-state index in [0.717, 1.165) is 42.4 Å². The molecule has 12 heteroatoms. The monoisotopic (exact) mass is 760 g/mol. The Kier molecular flexibility index (Phi) is 13.8. The minimum atomic E-state index is -1.42. The number of unbranched alkanes of at least 4 members (excludes halogenated alkanes) is 2. The minimum Gasteiger partial charge on any atom is -0.490 e. The van der Waals surface area contributed by atoms with Gasteiger partial charge in [0.15, 0.2) is 11.5 Å². The summed E-state index contributed by atoms with van der Waals surface area (Å²) < 4.78 is 37.5. The number of aliphatic hydroxyl groups excluding tert-OH is 2. The van der Waals surface area contributed by atoms with Gasteiger partial charge in [0.05, 0.1) is 24.8 Å². The van der Waals surface area contributed by atoms with Crippen molar-refractivity contribution in [2.75, 3.05) is 46.4 Å². The van der Waals surface area contributed by atoms with Crippen LogP contribution in [0.15, 0.2) is 78.5 Å². The van der Waals surface area contributed by atoms with Gasteiger partial charge in [-0.3, -0.25) is 4.90 Å². The normalized spacial score (nSPS) is 25.2. The molecule has 298 valence electrons. The van der Waals surface area contributed by atoms with E-state index in [9.17, 15) is 15.0 Å². The number of nitrogens with zero attached hydrogens (tertiary/aromatic N) is 2. The zero-order valence-corrected chi connectivity index (χ0v) is 32.2. The van der Waals surface area contributed by atoms with E-state index in [1.807, 2.05) is 37.3 Å². The maximum absolute atomic E-state index is 14.3. The SMILES string of the molecule is C=CCOc1ccc2c(c1)C1C(CCCCO)C(CCCCO)C=C3C(=NOCC)CC(N(Cc4ccc5c(c4)OCO5)C(=O)OCC)C(OCC=C)(O2)C31. The number of fused-ring (bicyclic) bond motifs is 3. The molecule has 0 spiro atoms. The molecule has 1 fully saturated rings. The molecule has 6 atom stereocenters. The highest BCUT2D eigenvalue weighted by molar-refractivity contribution is 6.03. The molecule has 2 N–H and O–H groups in total. The van der Waals surface area contributed by atoms with Gasteiger partial charge in [0.25, 0.3) is 0 Å². The summed E-state index contributed by atoms with van der Waals surface area (Å²) in [4.78, 5) is 21.9. The third kappa shape index (κ3) is 8.51. The lowest BCUT2D eigenvalue weighted by molar-refractivity contribution is -0.256. The highest BCUT2D eigenvalue weighted by Gasteiger charge is 2.65. The van der Waals surface area contributed by atoms with Crippen LogP contribution in [0.2, 0.25) is 0 Å². The van der Waals surface area contributed by atoms with E-state index in [1.165, 1.54) is 0 Å². The van der Waals surface area contributed by atoms with Crippen LogP contribution < -0.4 is 18.9 Å². The summed E-state index contributed by atoms with van der Waals surface area (Å²) in [7, 11) is 0. The van der Waals surface area contributed by atoms with Crippen molar-refractivity contribution < 1.29 is 48.3 Å². The van der Waals surface area contributed by atoms with Crippen LogP contribution in [0.3, 0.4) is 0 Å².